The highest BCUT2D eigenvalue weighted by Gasteiger charge is 2.10. The SMILES string of the molecule is CCCNc1nccc(C(=O)Nc2ccc(F)c(Cl)c2)n1. The number of hydrogen-bond acceptors (Lipinski definition) is 4. The molecule has 1 aromatic heterocycles. The highest BCUT2D eigenvalue weighted by Crippen LogP contribution is 2.19. The van der Waals surface area contributed by atoms with Crippen LogP contribution in [-0.2, 0) is 0 Å². The molecule has 1 amide bonds. The summed E-state index contributed by atoms with van der Waals surface area (Å²) in [6.45, 7) is 2.74. The third-order valence-corrected chi connectivity index (χ3v) is 2.89. The van der Waals surface area contributed by atoms with E-state index in [4.69, 9.17) is 11.6 Å². The van der Waals surface area contributed by atoms with Crippen molar-refractivity contribution >= 4 is 29.1 Å². The highest BCUT2D eigenvalue weighted by molar-refractivity contribution is 6.31. The number of rotatable bonds is 5. The van der Waals surface area contributed by atoms with Gasteiger partial charge < -0.3 is 10.6 Å². The van der Waals surface area contributed by atoms with Crippen LogP contribution in [0.25, 0.3) is 0 Å². The van der Waals surface area contributed by atoms with Crippen LogP contribution >= 0.6 is 11.6 Å². The minimum Gasteiger partial charge on any atom is -0.354 e. The first-order chi connectivity index (χ1) is 10.1. The summed E-state index contributed by atoms with van der Waals surface area (Å²) in [5.74, 6) is -0.566. The fourth-order valence-electron chi connectivity index (χ4n) is 1.58. The topological polar surface area (TPSA) is 66.9 Å². The Bertz CT molecular complexity index is 651. The van der Waals surface area contributed by atoms with Crippen molar-refractivity contribution in [1.29, 1.82) is 0 Å². The molecule has 0 unspecified atom stereocenters. The fraction of sp³-hybridized carbons (Fsp3) is 0.214. The van der Waals surface area contributed by atoms with Crippen molar-refractivity contribution in [1.82, 2.24) is 9.97 Å². The molecule has 1 aromatic carbocycles. The number of amides is 1. The second-order valence-electron chi connectivity index (χ2n) is 4.28. The van der Waals surface area contributed by atoms with Crippen LogP contribution in [0, 0.1) is 5.82 Å². The van der Waals surface area contributed by atoms with E-state index >= 15 is 0 Å². The average molecular weight is 309 g/mol. The molecule has 7 heteroatoms. The van der Waals surface area contributed by atoms with Gasteiger partial charge in [-0.3, -0.25) is 4.79 Å². The molecule has 0 aliphatic rings. The Morgan fingerprint density at radius 2 is 2.19 bits per heavy atom. The van der Waals surface area contributed by atoms with Crippen molar-refractivity contribution in [3.05, 3.63) is 47.0 Å². The van der Waals surface area contributed by atoms with Gasteiger partial charge in [-0.2, -0.15) is 0 Å². The number of hydrogen-bond donors (Lipinski definition) is 2. The van der Waals surface area contributed by atoms with Crippen molar-refractivity contribution < 1.29 is 9.18 Å². The van der Waals surface area contributed by atoms with Gasteiger partial charge in [-0.05, 0) is 30.7 Å². The second kappa shape index (κ2) is 6.99. The molecule has 0 fully saturated rings. The van der Waals surface area contributed by atoms with E-state index in [-0.39, 0.29) is 10.7 Å². The van der Waals surface area contributed by atoms with Gasteiger partial charge in [0.2, 0.25) is 5.95 Å². The van der Waals surface area contributed by atoms with Crippen LogP contribution < -0.4 is 10.6 Å². The van der Waals surface area contributed by atoms with E-state index in [1.54, 1.807) is 0 Å². The van der Waals surface area contributed by atoms with E-state index in [9.17, 15) is 9.18 Å². The summed E-state index contributed by atoms with van der Waals surface area (Å²) >= 11 is 5.66. The number of aromatic nitrogens is 2. The largest absolute Gasteiger partial charge is 0.354 e. The van der Waals surface area contributed by atoms with Crippen molar-refractivity contribution in [2.45, 2.75) is 13.3 Å². The van der Waals surface area contributed by atoms with E-state index in [0.29, 0.717) is 11.6 Å². The van der Waals surface area contributed by atoms with Gasteiger partial charge in [0.15, 0.2) is 0 Å². The molecule has 2 aromatic rings. The summed E-state index contributed by atoms with van der Waals surface area (Å²) in [5, 5.41) is 5.54. The van der Waals surface area contributed by atoms with Crippen LogP contribution in [0.1, 0.15) is 23.8 Å². The molecule has 0 atom stereocenters. The maximum Gasteiger partial charge on any atom is 0.274 e. The zero-order chi connectivity index (χ0) is 15.2. The average Bonchev–Trinajstić information content (AvgIpc) is 2.49. The summed E-state index contributed by atoms with van der Waals surface area (Å²) < 4.78 is 13.1. The minimum absolute atomic E-state index is 0.0548. The Hall–Kier alpha value is -2.21. The van der Waals surface area contributed by atoms with Crippen molar-refractivity contribution in [3.63, 3.8) is 0 Å². The number of nitrogens with zero attached hydrogens (tertiary/aromatic N) is 2. The standard InChI is InChI=1S/C14H14ClFN4O/c1-2-6-17-14-18-7-5-12(20-14)13(21)19-9-3-4-11(16)10(15)8-9/h3-5,7-8H,2,6H2,1H3,(H,19,21)(H,17,18,20). The van der Waals surface area contributed by atoms with E-state index in [0.717, 1.165) is 13.0 Å². The van der Waals surface area contributed by atoms with Crippen LogP contribution in [0.3, 0.4) is 0 Å². The third-order valence-electron chi connectivity index (χ3n) is 2.60. The molecular formula is C14H14ClFN4O. The molecule has 0 spiro atoms. The van der Waals surface area contributed by atoms with Gasteiger partial charge in [-0.1, -0.05) is 18.5 Å². The lowest BCUT2D eigenvalue weighted by atomic mass is 10.3. The summed E-state index contributed by atoms with van der Waals surface area (Å²) in [5.41, 5.74) is 0.608. The molecule has 110 valence electrons. The fourth-order valence-corrected chi connectivity index (χ4v) is 1.76. The number of nitrogens with one attached hydrogen (secondary N) is 2. The Morgan fingerprint density at radius 1 is 1.38 bits per heavy atom. The van der Waals surface area contributed by atoms with Crippen LogP contribution in [0.5, 0.6) is 0 Å². The first-order valence-corrected chi connectivity index (χ1v) is 6.81. The molecule has 0 aliphatic heterocycles. The molecular weight excluding hydrogens is 295 g/mol. The smallest absolute Gasteiger partial charge is 0.274 e. The van der Waals surface area contributed by atoms with Gasteiger partial charge in [0.05, 0.1) is 5.02 Å². The molecule has 2 N–H and O–H groups in total. The maximum absolute atomic E-state index is 13.1. The van der Waals surface area contributed by atoms with Crippen molar-refractivity contribution in [2.24, 2.45) is 0 Å². The molecule has 1 heterocycles. The van der Waals surface area contributed by atoms with Crippen LogP contribution in [0.2, 0.25) is 5.02 Å². The van der Waals surface area contributed by atoms with Gasteiger partial charge >= 0.3 is 0 Å². The van der Waals surface area contributed by atoms with E-state index in [1.165, 1.54) is 30.5 Å². The molecule has 0 radical (unpaired) electrons. The summed E-state index contributed by atoms with van der Waals surface area (Å²) in [6, 6.07) is 5.45. The number of anilines is 2. The Morgan fingerprint density at radius 3 is 2.90 bits per heavy atom. The number of carbonyl (C=O) groups excluding carboxylic acids is 1. The molecule has 0 saturated carbocycles. The third kappa shape index (κ3) is 4.13. The summed E-state index contributed by atoms with van der Waals surface area (Å²) in [6.07, 6.45) is 2.42. The van der Waals surface area contributed by atoms with Crippen molar-refractivity contribution in [2.75, 3.05) is 17.2 Å². The summed E-state index contributed by atoms with van der Waals surface area (Å²) in [7, 11) is 0. The summed E-state index contributed by atoms with van der Waals surface area (Å²) in [4.78, 5) is 20.2. The molecule has 21 heavy (non-hydrogen) atoms. The quantitative estimate of drug-likeness (QED) is 0.889. The zero-order valence-electron chi connectivity index (χ0n) is 11.4. The van der Waals surface area contributed by atoms with Gasteiger partial charge in [0.25, 0.3) is 5.91 Å². The number of carbonyl (C=O) groups is 1. The van der Waals surface area contributed by atoms with Gasteiger partial charge in [0.1, 0.15) is 11.5 Å². The number of benzene rings is 1. The second-order valence-corrected chi connectivity index (χ2v) is 4.68. The first kappa shape index (κ1) is 15.2. The van der Waals surface area contributed by atoms with E-state index < -0.39 is 11.7 Å². The van der Waals surface area contributed by atoms with Crippen LogP contribution in [0.15, 0.2) is 30.5 Å². The Labute approximate surface area is 126 Å². The van der Waals surface area contributed by atoms with Crippen molar-refractivity contribution in [3.8, 4) is 0 Å². The predicted molar refractivity (Wildman–Crippen MR) is 80.2 cm³/mol. The lowest BCUT2D eigenvalue weighted by Gasteiger charge is -2.07. The Balaban J connectivity index is 2.10. The van der Waals surface area contributed by atoms with E-state index in [2.05, 4.69) is 20.6 Å². The molecule has 5 nitrogen and oxygen atoms in total. The molecule has 0 aliphatic carbocycles. The lowest BCUT2D eigenvalue weighted by Crippen LogP contribution is -2.15. The van der Waals surface area contributed by atoms with E-state index in [1.807, 2.05) is 6.92 Å². The molecule has 0 bridgehead atoms. The van der Waals surface area contributed by atoms with Crippen LogP contribution in [0.4, 0.5) is 16.0 Å². The predicted octanol–water partition coefficient (Wildman–Crippen LogP) is 3.34. The van der Waals surface area contributed by atoms with Gasteiger partial charge in [0, 0.05) is 18.4 Å². The lowest BCUT2D eigenvalue weighted by molar-refractivity contribution is 0.102. The number of halogens is 2. The zero-order valence-corrected chi connectivity index (χ0v) is 12.1. The van der Waals surface area contributed by atoms with Gasteiger partial charge in [-0.15, -0.1) is 0 Å². The monoisotopic (exact) mass is 308 g/mol. The maximum atomic E-state index is 13.1. The molecule has 0 saturated heterocycles. The Kier molecular flexibility index (Phi) is 5.05. The normalized spacial score (nSPS) is 10.2. The molecule has 2 rings (SSSR count). The van der Waals surface area contributed by atoms with Gasteiger partial charge in [-0.25, -0.2) is 14.4 Å². The van der Waals surface area contributed by atoms with Crippen LogP contribution in [-0.4, -0.2) is 22.4 Å². The minimum atomic E-state index is -0.539. The first-order valence-electron chi connectivity index (χ1n) is 6.43. The highest BCUT2D eigenvalue weighted by atomic mass is 35.5.